The highest BCUT2D eigenvalue weighted by Crippen LogP contribution is 2.30. The molecular weight excluding hydrogens is 220 g/mol. The Labute approximate surface area is 114 Å². The van der Waals surface area contributed by atoms with Crippen molar-refractivity contribution in [3.8, 4) is 0 Å². The lowest BCUT2D eigenvalue weighted by atomic mass is 9.80. The fourth-order valence-corrected chi connectivity index (χ4v) is 3.36. The van der Waals surface area contributed by atoms with Gasteiger partial charge in [0.05, 0.1) is 0 Å². The van der Waals surface area contributed by atoms with Crippen LogP contribution in [0.3, 0.4) is 0 Å². The zero-order valence-corrected chi connectivity index (χ0v) is 13.0. The molecule has 0 radical (unpaired) electrons. The van der Waals surface area contributed by atoms with E-state index in [4.69, 9.17) is 5.73 Å². The molecule has 0 bridgehead atoms. The number of nitrogens with zero attached hydrogens (tertiary/aromatic N) is 1. The van der Waals surface area contributed by atoms with E-state index in [0.717, 1.165) is 5.92 Å². The minimum Gasteiger partial charge on any atom is -0.326 e. The lowest BCUT2D eigenvalue weighted by molar-refractivity contribution is 0.0809. The van der Waals surface area contributed by atoms with Crippen LogP contribution in [0.5, 0.6) is 0 Å². The summed E-state index contributed by atoms with van der Waals surface area (Å²) in [5.74, 6) is 0.905. The summed E-state index contributed by atoms with van der Waals surface area (Å²) in [5, 5.41) is 0. The van der Waals surface area contributed by atoms with Crippen molar-refractivity contribution in [3.05, 3.63) is 0 Å². The van der Waals surface area contributed by atoms with Gasteiger partial charge in [-0.3, -0.25) is 4.90 Å². The van der Waals surface area contributed by atoms with Gasteiger partial charge < -0.3 is 5.73 Å². The van der Waals surface area contributed by atoms with Crippen LogP contribution in [0.1, 0.15) is 72.6 Å². The fraction of sp³-hybridized carbons (Fsp3) is 1.00. The van der Waals surface area contributed by atoms with E-state index in [-0.39, 0.29) is 0 Å². The molecule has 0 aromatic heterocycles. The van der Waals surface area contributed by atoms with Gasteiger partial charge >= 0.3 is 0 Å². The van der Waals surface area contributed by atoms with E-state index >= 15 is 0 Å². The Kier molecular flexibility index (Phi) is 7.25. The Hall–Kier alpha value is -0.0800. The summed E-state index contributed by atoms with van der Waals surface area (Å²) >= 11 is 0. The van der Waals surface area contributed by atoms with Gasteiger partial charge in [-0.05, 0) is 52.0 Å². The van der Waals surface area contributed by atoms with Crippen LogP contribution in [-0.4, -0.2) is 29.6 Å². The molecule has 18 heavy (non-hydrogen) atoms. The predicted octanol–water partition coefficient (Wildman–Crippen LogP) is 3.79. The predicted molar refractivity (Wildman–Crippen MR) is 80.8 cm³/mol. The third-order valence-electron chi connectivity index (χ3n) is 4.66. The van der Waals surface area contributed by atoms with E-state index in [1.807, 2.05) is 0 Å². The van der Waals surface area contributed by atoms with Crippen molar-refractivity contribution in [2.45, 2.75) is 90.8 Å². The topological polar surface area (TPSA) is 29.3 Å². The van der Waals surface area contributed by atoms with Gasteiger partial charge in [-0.1, -0.05) is 33.1 Å². The third kappa shape index (κ3) is 4.55. The van der Waals surface area contributed by atoms with E-state index in [0.29, 0.717) is 18.1 Å². The molecule has 0 amide bonds. The van der Waals surface area contributed by atoms with Crippen molar-refractivity contribution in [3.63, 3.8) is 0 Å². The zero-order chi connectivity index (χ0) is 13.5. The van der Waals surface area contributed by atoms with Gasteiger partial charge in [0.1, 0.15) is 0 Å². The van der Waals surface area contributed by atoms with Crippen molar-refractivity contribution in [2.24, 2.45) is 11.7 Å². The first-order chi connectivity index (χ1) is 8.60. The van der Waals surface area contributed by atoms with Crippen LogP contribution in [0.2, 0.25) is 0 Å². The first-order valence-corrected chi connectivity index (χ1v) is 8.11. The smallest absolute Gasteiger partial charge is 0.0252 e. The first kappa shape index (κ1) is 16.0. The Morgan fingerprint density at radius 1 is 1.17 bits per heavy atom. The van der Waals surface area contributed by atoms with Crippen LogP contribution in [0.15, 0.2) is 0 Å². The molecule has 1 saturated carbocycles. The van der Waals surface area contributed by atoms with E-state index < -0.39 is 0 Å². The molecule has 0 spiro atoms. The quantitative estimate of drug-likeness (QED) is 0.700. The molecule has 3 atom stereocenters. The molecule has 0 aromatic carbocycles. The van der Waals surface area contributed by atoms with Crippen molar-refractivity contribution >= 4 is 0 Å². The molecule has 1 rings (SSSR count). The van der Waals surface area contributed by atoms with E-state index in [1.54, 1.807) is 0 Å². The highest BCUT2D eigenvalue weighted by molar-refractivity contribution is 4.90. The van der Waals surface area contributed by atoms with Gasteiger partial charge in [0.2, 0.25) is 0 Å². The minimum absolute atomic E-state index is 0.400. The minimum atomic E-state index is 0.400. The largest absolute Gasteiger partial charge is 0.326 e. The van der Waals surface area contributed by atoms with Crippen LogP contribution in [0.25, 0.3) is 0 Å². The van der Waals surface area contributed by atoms with Crippen LogP contribution < -0.4 is 5.73 Å². The van der Waals surface area contributed by atoms with Crippen molar-refractivity contribution in [1.29, 1.82) is 0 Å². The summed E-state index contributed by atoms with van der Waals surface area (Å²) in [5.41, 5.74) is 6.40. The second kappa shape index (κ2) is 8.16. The van der Waals surface area contributed by atoms with Gasteiger partial charge in [0.15, 0.2) is 0 Å². The molecular formula is C16H34N2. The lowest BCUT2D eigenvalue weighted by Gasteiger charge is -2.43. The molecule has 1 aliphatic carbocycles. The molecule has 0 heterocycles. The standard InChI is InChI=1S/C16H34N2/c1-5-7-8-11-18(13(3)4)16-12-14(6-2)9-10-15(16)17/h13-16H,5-12,17H2,1-4H3. The highest BCUT2D eigenvalue weighted by atomic mass is 15.2. The number of hydrogen-bond acceptors (Lipinski definition) is 2. The summed E-state index contributed by atoms with van der Waals surface area (Å²) in [4.78, 5) is 2.68. The Morgan fingerprint density at radius 3 is 2.44 bits per heavy atom. The third-order valence-corrected chi connectivity index (χ3v) is 4.66. The molecule has 3 unspecified atom stereocenters. The number of unbranched alkanes of at least 4 members (excludes halogenated alkanes) is 2. The van der Waals surface area contributed by atoms with Crippen LogP contribution >= 0.6 is 0 Å². The maximum Gasteiger partial charge on any atom is 0.0252 e. The van der Waals surface area contributed by atoms with Gasteiger partial charge in [0, 0.05) is 18.1 Å². The molecule has 0 saturated heterocycles. The summed E-state index contributed by atoms with van der Waals surface area (Å²) in [6.07, 6.45) is 9.19. The summed E-state index contributed by atoms with van der Waals surface area (Å²) in [6.45, 7) is 10.5. The molecule has 1 fully saturated rings. The first-order valence-electron chi connectivity index (χ1n) is 8.11. The monoisotopic (exact) mass is 254 g/mol. The zero-order valence-electron chi connectivity index (χ0n) is 13.0. The highest BCUT2D eigenvalue weighted by Gasteiger charge is 2.32. The van der Waals surface area contributed by atoms with Crippen LogP contribution in [-0.2, 0) is 0 Å². The van der Waals surface area contributed by atoms with E-state index in [9.17, 15) is 0 Å². The average molecular weight is 254 g/mol. The van der Waals surface area contributed by atoms with Crippen LogP contribution in [0.4, 0.5) is 0 Å². The molecule has 2 nitrogen and oxygen atoms in total. The van der Waals surface area contributed by atoms with E-state index in [2.05, 4.69) is 32.6 Å². The number of rotatable bonds is 7. The molecule has 2 N–H and O–H groups in total. The summed E-state index contributed by atoms with van der Waals surface area (Å²) in [7, 11) is 0. The van der Waals surface area contributed by atoms with Crippen molar-refractivity contribution in [1.82, 2.24) is 4.90 Å². The SMILES string of the molecule is CCCCCN(C(C)C)C1CC(CC)CCC1N. The lowest BCUT2D eigenvalue weighted by Crippen LogP contribution is -2.53. The maximum atomic E-state index is 6.40. The molecule has 0 aliphatic heterocycles. The molecule has 2 heteroatoms. The normalized spacial score (nSPS) is 29.2. The number of nitrogens with two attached hydrogens (primary N) is 1. The van der Waals surface area contributed by atoms with Gasteiger partial charge in [0.25, 0.3) is 0 Å². The van der Waals surface area contributed by atoms with Crippen LogP contribution in [0, 0.1) is 5.92 Å². The fourth-order valence-electron chi connectivity index (χ4n) is 3.36. The second-order valence-corrected chi connectivity index (χ2v) is 6.36. The van der Waals surface area contributed by atoms with Crippen molar-refractivity contribution < 1.29 is 0 Å². The summed E-state index contributed by atoms with van der Waals surface area (Å²) in [6, 6.07) is 1.66. The Morgan fingerprint density at radius 2 is 1.89 bits per heavy atom. The Balaban J connectivity index is 2.58. The summed E-state index contributed by atoms with van der Waals surface area (Å²) < 4.78 is 0. The van der Waals surface area contributed by atoms with Gasteiger partial charge in [-0.25, -0.2) is 0 Å². The second-order valence-electron chi connectivity index (χ2n) is 6.36. The molecule has 108 valence electrons. The Bertz CT molecular complexity index is 215. The van der Waals surface area contributed by atoms with Crippen molar-refractivity contribution in [2.75, 3.05) is 6.54 Å². The van der Waals surface area contributed by atoms with E-state index in [1.165, 1.54) is 51.5 Å². The maximum absolute atomic E-state index is 6.40. The average Bonchev–Trinajstić information content (AvgIpc) is 2.35. The van der Waals surface area contributed by atoms with Gasteiger partial charge in [-0.15, -0.1) is 0 Å². The molecule has 0 aromatic rings. The number of hydrogen-bond donors (Lipinski definition) is 1. The molecule has 1 aliphatic rings. The van der Waals surface area contributed by atoms with Gasteiger partial charge in [-0.2, -0.15) is 0 Å².